The molecule has 1 aliphatic heterocycles. The van der Waals surface area contributed by atoms with Crippen molar-refractivity contribution in [2.75, 3.05) is 6.54 Å². The Morgan fingerprint density at radius 3 is 2.83 bits per heavy atom. The maximum Gasteiger partial charge on any atom is 0.229 e. The highest BCUT2D eigenvalue weighted by Gasteiger charge is 2.27. The Balaban J connectivity index is 1.74. The molecular weight excluding hydrogens is 224 g/mol. The van der Waals surface area contributed by atoms with Crippen LogP contribution in [0.3, 0.4) is 0 Å². The predicted molar refractivity (Wildman–Crippen MR) is 71.2 cm³/mol. The Kier molecular flexibility index (Phi) is 3.15. The molecular formula is C15H18N2O. The Morgan fingerprint density at radius 2 is 2.00 bits per heavy atom. The van der Waals surface area contributed by atoms with Crippen LogP contribution in [-0.2, 0) is 11.3 Å². The van der Waals surface area contributed by atoms with E-state index < -0.39 is 0 Å². The molecule has 0 spiro atoms. The lowest BCUT2D eigenvalue weighted by molar-refractivity contribution is -0.123. The third-order valence-corrected chi connectivity index (χ3v) is 3.77. The summed E-state index contributed by atoms with van der Waals surface area (Å²) < 4.78 is 0. The Hall–Kier alpha value is -1.61. The SMILES string of the molecule is O=C(NC1CC=CC1)C1CNCc2ccccc21. The van der Waals surface area contributed by atoms with Gasteiger partial charge in [-0.15, -0.1) is 0 Å². The zero-order valence-corrected chi connectivity index (χ0v) is 10.4. The van der Waals surface area contributed by atoms with E-state index in [0.717, 1.165) is 25.9 Å². The van der Waals surface area contributed by atoms with Crippen LogP contribution in [0.5, 0.6) is 0 Å². The van der Waals surface area contributed by atoms with E-state index in [1.165, 1.54) is 11.1 Å². The quantitative estimate of drug-likeness (QED) is 0.775. The zero-order chi connectivity index (χ0) is 12.4. The summed E-state index contributed by atoms with van der Waals surface area (Å²) in [6.07, 6.45) is 6.21. The first kappa shape index (κ1) is 11.5. The minimum atomic E-state index is -0.0458. The molecule has 1 atom stereocenters. The summed E-state index contributed by atoms with van der Waals surface area (Å²) in [5.41, 5.74) is 2.42. The van der Waals surface area contributed by atoms with Crippen molar-refractivity contribution in [1.29, 1.82) is 0 Å². The van der Waals surface area contributed by atoms with Crippen LogP contribution in [-0.4, -0.2) is 18.5 Å². The number of carbonyl (C=O) groups is 1. The second kappa shape index (κ2) is 4.94. The van der Waals surface area contributed by atoms with Crippen molar-refractivity contribution >= 4 is 5.91 Å². The fraction of sp³-hybridized carbons (Fsp3) is 0.400. The molecule has 1 aromatic carbocycles. The molecule has 0 bridgehead atoms. The smallest absolute Gasteiger partial charge is 0.229 e. The third-order valence-electron chi connectivity index (χ3n) is 3.77. The fourth-order valence-corrected chi connectivity index (χ4v) is 2.77. The lowest BCUT2D eigenvalue weighted by Gasteiger charge is -2.26. The second-order valence-corrected chi connectivity index (χ2v) is 5.03. The van der Waals surface area contributed by atoms with Gasteiger partial charge in [0.05, 0.1) is 5.92 Å². The first-order valence-electron chi connectivity index (χ1n) is 6.58. The van der Waals surface area contributed by atoms with Gasteiger partial charge in [0.25, 0.3) is 0 Å². The minimum absolute atomic E-state index is 0.0458. The average Bonchev–Trinajstić information content (AvgIpc) is 2.91. The summed E-state index contributed by atoms with van der Waals surface area (Å²) in [6, 6.07) is 8.52. The number of nitrogens with one attached hydrogen (secondary N) is 2. The van der Waals surface area contributed by atoms with Gasteiger partial charge >= 0.3 is 0 Å². The molecule has 3 heteroatoms. The van der Waals surface area contributed by atoms with Gasteiger partial charge in [-0.3, -0.25) is 4.79 Å². The molecule has 0 aromatic heterocycles. The number of fused-ring (bicyclic) bond motifs is 1. The van der Waals surface area contributed by atoms with Crippen molar-refractivity contribution in [3.63, 3.8) is 0 Å². The van der Waals surface area contributed by atoms with Gasteiger partial charge in [-0.1, -0.05) is 36.4 Å². The number of hydrogen-bond donors (Lipinski definition) is 2. The van der Waals surface area contributed by atoms with Gasteiger partial charge < -0.3 is 10.6 Å². The molecule has 1 unspecified atom stereocenters. The summed E-state index contributed by atoms with van der Waals surface area (Å²) in [4.78, 5) is 12.3. The standard InChI is InChI=1S/C15H18N2O/c18-15(17-12-6-2-3-7-12)14-10-16-9-11-5-1-4-8-13(11)14/h1-5,8,12,14,16H,6-7,9-10H2,(H,17,18). The van der Waals surface area contributed by atoms with Crippen LogP contribution >= 0.6 is 0 Å². The van der Waals surface area contributed by atoms with Crippen molar-refractivity contribution in [3.05, 3.63) is 47.5 Å². The normalized spacial score (nSPS) is 22.8. The van der Waals surface area contributed by atoms with Crippen LogP contribution < -0.4 is 10.6 Å². The van der Waals surface area contributed by atoms with E-state index in [4.69, 9.17) is 0 Å². The monoisotopic (exact) mass is 242 g/mol. The lowest BCUT2D eigenvalue weighted by Crippen LogP contribution is -2.42. The van der Waals surface area contributed by atoms with Gasteiger partial charge in [-0.2, -0.15) is 0 Å². The molecule has 0 fully saturated rings. The largest absolute Gasteiger partial charge is 0.352 e. The Morgan fingerprint density at radius 1 is 1.22 bits per heavy atom. The van der Waals surface area contributed by atoms with E-state index >= 15 is 0 Å². The highest BCUT2D eigenvalue weighted by molar-refractivity contribution is 5.85. The number of rotatable bonds is 2. The topological polar surface area (TPSA) is 41.1 Å². The lowest BCUT2D eigenvalue weighted by atomic mass is 9.90. The molecule has 1 aromatic rings. The first-order valence-corrected chi connectivity index (χ1v) is 6.58. The average molecular weight is 242 g/mol. The highest BCUT2D eigenvalue weighted by Crippen LogP contribution is 2.24. The Labute approximate surface area is 107 Å². The van der Waals surface area contributed by atoms with E-state index in [-0.39, 0.29) is 11.8 Å². The van der Waals surface area contributed by atoms with Gasteiger partial charge in [0.2, 0.25) is 5.91 Å². The molecule has 2 aliphatic rings. The van der Waals surface area contributed by atoms with Crippen LogP contribution in [0.25, 0.3) is 0 Å². The van der Waals surface area contributed by atoms with Gasteiger partial charge in [-0.05, 0) is 24.0 Å². The predicted octanol–water partition coefficient (Wildman–Crippen LogP) is 1.71. The van der Waals surface area contributed by atoms with Crippen LogP contribution in [0, 0.1) is 0 Å². The summed E-state index contributed by atoms with van der Waals surface area (Å²) >= 11 is 0. The molecule has 1 amide bonds. The van der Waals surface area contributed by atoms with E-state index in [1.807, 2.05) is 12.1 Å². The number of hydrogen-bond acceptors (Lipinski definition) is 2. The summed E-state index contributed by atoms with van der Waals surface area (Å²) in [6.45, 7) is 1.61. The van der Waals surface area contributed by atoms with Gasteiger partial charge in [0.15, 0.2) is 0 Å². The summed E-state index contributed by atoms with van der Waals surface area (Å²) in [5.74, 6) is 0.110. The van der Waals surface area contributed by atoms with Crippen molar-refractivity contribution in [1.82, 2.24) is 10.6 Å². The van der Waals surface area contributed by atoms with Crippen molar-refractivity contribution in [2.45, 2.75) is 31.3 Å². The maximum atomic E-state index is 12.3. The number of carbonyl (C=O) groups excluding carboxylic acids is 1. The molecule has 0 saturated carbocycles. The molecule has 3 rings (SSSR count). The van der Waals surface area contributed by atoms with Gasteiger partial charge in [0.1, 0.15) is 0 Å². The molecule has 0 saturated heterocycles. The second-order valence-electron chi connectivity index (χ2n) is 5.03. The van der Waals surface area contributed by atoms with Gasteiger partial charge in [0, 0.05) is 19.1 Å². The number of benzene rings is 1. The molecule has 1 heterocycles. The summed E-state index contributed by atoms with van der Waals surface area (Å²) in [7, 11) is 0. The van der Waals surface area contributed by atoms with E-state index in [1.54, 1.807) is 0 Å². The third kappa shape index (κ3) is 2.18. The summed E-state index contributed by atoms with van der Waals surface area (Å²) in [5, 5.41) is 6.47. The minimum Gasteiger partial charge on any atom is -0.352 e. The van der Waals surface area contributed by atoms with Crippen molar-refractivity contribution in [2.24, 2.45) is 0 Å². The van der Waals surface area contributed by atoms with E-state index in [2.05, 4.69) is 34.9 Å². The maximum absolute atomic E-state index is 12.3. The molecule has 94 valence electrons. The van der Waals surface area contributed by atoms with E-state index in [9.17, 15) is 4.79 Å². The fourth-order valence-electron chi connectivity index (χ4n) is 2.77. The van der Waals surface area contributed by atoms with Crippen LogP contribution in [0.15, 0.2) is 36.4 Å². The van der Waals surface area contributed by atoms with Gasteiger partial charge in [-0.25, -0.2) is 0 Å². The van der Waals surface area contributed by atoms with E-state index in [0.29, 0.717) is 6.04 Å². The van der Waals surface area contributed by atoms with Crippen LogP contribution in [0.4, 0.5) is 0 Å². The van der Waals surface area contributed by atoms with Crippen LogP contribution in [0.2, 0.25) is 0 Å². The molecule has 2 N–H and O–H groups in total. The molecule has 18 heavy (non-hydrogen) atoms. The Bertz CT molecular complexity index is 473. The molecule has 3 nitrogen and oxygen atoms in total. The molecule has 0 radical (unpaired) electrons. The number of amides is 1. The molecule has 1 aliphatic carbocycles. The van der Waals surface area contributed by atoms with Crippen molar-refractivity contribution < 1.29 is 4.79 Å². The zero-order valence-electron chi connectivity index (χ0n) is 10.4. The van der Waals surface area contributed by atoms with Crippen molar-refractivity contribution in [3.8, 4) is 0 Å². The first-order chi connectivity index (χ1) is 8.84. The highest BCUT2D eigenvalue weighted by atomic mass is 16.2. The van der Waals surface area contributed by atoms with Crippen LogP contribution in [0.1, 0.15) is 29.9 Å².